The highest BCUT2D eigenvalue weighted by atomic mass is 16.5. The van der Waals surface area contributed by atoms with Crippen LogP contribution in [0.4, 0.5) is 0 Å². The van der Waals surface area contributed by atoms with Crippen LogP contribution in [0.1, 0.15) is 30.5 Å². The zero-order valence-electron chi connectivity index (χ0n) is 14.8. The smallest absolute Gasteiger partial charge is 0.147 e. The van der Waals surface area contributed by atoms with Crippen molar-refractivity contribution in [3.8, 4) is 5.75 Å². The summed E-state index contributed by atoms with van der Waals surface area (Å²) in [7, 11) is 0. The Morgan fingerprint density at radius 1 is 0.640 bits per heavy atom. The van der Waals surface area contributed by atoms with Crippen LogP contribution in [0.25, 0.3) is 0 Å². The van der Waals surface area contributed by atoms with Crippen LogP contribution < -0.4 is 4.74 Å². The molecule has 0 amide bonds. The Kier molecular flexibility index (Phi) is 5.52. The van der Waals surface area contributed by atoms with Crippen LogP contribution in [0.3, 0.4) is 0 Å². The Morgan fingerprint density at radius 2 is 1.16 bits per heavy atom. The van der Waals surface area contributed by atoms with Crippen molar-refractivity contribution in [2.75, 3.05) is 13.2 Å². The molecular weight excluding hydrogens is 308 g/mol. The van der Waals surface area contributed by atoms with Gasteiger partial charge in [-0.2, -0.15) is 0 Å². The van der Waals surface area contributed by atoms with Gasteiger partial charge in [-0.1, -0.05) is 78.9 Å². The lowest BCUT2D eigenvalue weighted by atomic mass is 9.79. The number of benzene rings is 3. The van der Waals surface area contributed by atoms with Gasteiger partial charge in [0.1, 0.15) is 11.4 Å². The Bertz CT molecular complexity index is 742. The molecule has 3 aromatic rings. The van der Waals surface area contributed by atoms with Gasteiger partial charge >= 0.3 is 0 Å². The van der Waals surface area contributed by atoms with Crippen LogP contribution in [0.15, 0.2) is 84.9 Å². The van der Waals surface area contributed by atoms with Crippen LogP contribution >= 0.6 is 0 Å². The minimum absolute atomic E-state index is 0.588. The van der Waals surface area contributed by atoms with E-state index < -0.39 is 5.60 Å². The largest absolute Gasteiger partial charge is 0.493 e. The molecule has 3 aromatic carbocycles. The second-order valence-electron chi connectivity index (χ2n) is 5.78. The maximum absolute atomic E-state index is 6.49. The number of hydrogen-bond donors (Lipinski definition) is 0. The van der Waals surface area contributed by atoms with E-state index >= 15 is 0 Å². The maximum Gasteiger partial charge on any atom is 0.147 e. The van der Waals surface area contributed by atoms with Gasteiger partial charge in [0.05, 0.1) is 6.61 Å². The summed E-state index contributed by atoms with van der Waals surface area (Å²) < 4.78 is 12.4. The van der Waals surface area contributed by atoms with Crippen molar-refractivity contribution >= 4 is 0 Å². The lowest BCUT2D eigenvalue weighted by molar-refractivity contribution is 0.0195. The van der Waals surface area contributed by atoms with E-state index in [0.717, 1.165) is 22.4 Å². The first kappa shape index (κ1) is 17.2. The summed E-state index contributed by atoms with van der Waals surface area (Å²) in [6.45, 7) is 5.24. The third-order valence-electron chi connectivity index (χ3n) is 4.29. The molecule has 0 aliphatic heterocycles. The number of ether oxygens (including phenoxy) is 2. The molecule has 0 aromatic heterocycles. The zero-order valence-corrected chi connectivity index (χ0v) is 14.8. The van der Waals surface area contributed by atoms with Crippen molar-refractivity contribution in [3.63, 3.8) is 0 Å². The third-order valence-corrected chi connectivity index (χ3v) is 4.29. The average molecular weight is 332 g/mol. The molecule has 0 unspecified atom stereocenters. The van der Waals surface area contributed by atoms with Crippen LogP contribution in [0.5, 0.6) is 5.75 Å². The van der Waals surface area contributed by atoms with Gasteiger partial charge in [0.15, 0.2) is 0 Å². The SMILES string of the molecule is CCOc1ccccc1C(OCC)(c1ccccc1)c1ccccc1. The maximum atomic E-state index is 6.49. The summed E-state index contributed by atoms with van der Waals surface area (Å²) in [6, 6.07) is 28.9. The van der Waals surface area contributed by atoms with Gasteiger partial charge < -0.3 is 9.47 Å². The highest BCUT2D eigenvalue weighted by molar-refractivity contribution is 5.52. The molecule has 0 aliphatic rings. The molecule has 0 atom stereocenters. The van der Waals surface area contributed by atoms with Crippen LogP contribution in [0.2, 0.25) is 0 Å². The molecule has 0 saturated carbocycles. The monoisotopic (exact) mass is 332 g/mol. The molecule has 0 heterocycles. The average Bonchev–Trinajstić information content (AvgIpc) is 2.68. The van der Waals surface area contributed by atoms with Gasteiger partial charge in [0.25, 0.3) is 0 Å². The Morgan fingerprint density at radius 3 is 1.68 bits per heavy atom. The van der Waals surface area contributed by atoms with E-state index in [4.69, 9.17) is 9.47 Å². The Labute approximate surface area is 150 Å². The first-order valence-electron chi connectivity index (χ1n) is 8.80. The lowest BCUT2D eigenvalue weighted by Crippen LogP contribution is -2.33. The molecule has 0 N–H and O–H groups in total. The molecule has 0 radical (unpaired) electrons. The Hall–Kier alpha value is -2.58. The van der Waals surface area contributed by atoms with Crippen molar-refractivity contribution in [2.45, 2.75) is 19.4 Å². The van der Waals surface area contributed by atoms with Crippen LogP contribution in [0, 0.1) is 0 Å². The van der Waals surface area contributed by atoms with Gasteiger partial charge in [-0.3, -0.25) is 0 Å². The molecule has 0 aliphatic carbocycles. The molecule has 0 fully saturated rings. The summed E-state index contributed by atoms with van der Waals surface area (Å²) in [5.74, 6) is 0.853. The van der Waals surface area contributed by atoms with Gasteiger partial charge in [0.2, 0.25) is 0 Å². The van der Waals surface area contributed by atoms with E-state index in [1.54, 1.807) is 0 Å². The van der Waals surface area contributed by atoms with E-state index in [1.165, 1.54) is 0 Å². The molecule has 2 heteroatoms. The fourth-order valence-electron chi connectivity index (χ4n) is 3.32. The molecule has 2 nitrogen and oxygen atoms in total. The van der Waals surface area contributed by atoms with E-state index in [9.17, 15) is 0 Å². The number of hydrogen-bond acceptors (Lipinski definition) is 2. The second kappa shape index (κ2) is 8.00. The van der Waals surface area contributed by atoms with Crippen molar-refractivity contribution in [2.24, 2.45) is 0 Å². The topological polar surface area (TPSA) is 18.5 Å². The molecular formula is C23H24O2. The van der Waals surface area contributed by atoms with Crippen LogP contribution in [-0.2, 0) is 10.3 Å². The quantitative estimate of drug-likeness (QED) is 0.538. The predicted molar refractivity (Wildman–Crippen MR) is 102 cm³/mol. The van der Waals surface area contributed by atoms with Gasteiger partial charge in [-0.05, 0) is 31.0 Å². The molecule has 0 spiro atoms. The number of para-hydroxylation sites is 1. The van der Waals surface area contributed by atoms with Crippen molar-refractivity contribution in [1.82, 2.24) is 0 Å². The number of rotatable bonds is 7. The summed E-state index contributed by atoms with van der Waals surface area (Å²) >= 11 is 0. The first-order valence-corrected chi connectivity index (χ1v) is 8.80. The summed E-state index contributed by atoms with van der Waals surface area (Å²) in [4.78, 5) is 0. The van der Waals surface area contributed by atoms with Crippen molar-refractivity contribution in [1.29, 1.82) is 0 Å². The van der Waals surface area contributed by atoms with Crippen molar-refractivity contribution in [3.05, 3.63) is 102 Å². The normalized spacial score (nSPS) is 11.3. The molecule has 3 rings (SSSR count). The van der Waals surface area contributed by atoms with Crippen molar-refractivity contribution < 1.29 is 9.47 Å². The third kappa shape index (κ3) is 3.31. The summed E-state index contributed by atoms with van der Waals surface area (Å²) in [5, 5.41) is 0. The minimum Gasteiger partial charge on any atom is -0.493 e. The standard InChI is InChI=1S/C23H24O2/c1-3-24-22-18-12-11-17-21(22)23(25-4-2,19-13-7-5-8-14-19)20-15-9-6-10-16-20/h5-18H,3-4H2,1-2H3. The molecule has 25 heavy (non-hydrogen) atoms. The van der Waals surface area contributed by atoms with Gasteiger partial charge in [-0.25, -0.2) is 0 Å². The van der Waals surface area contributed by atoms with E-state index in [1.807, 2.05) is 44.2 Å². The fraction of sp³-hybridized carbons (Fsp3) is 0.217. The van der Waals surface area contributed by atoms with Gasteiger partial charge in [0, 0.05) is 12.2 Å². The van der Waals surface area contributed by atoms with E-state index in [2.05, 4.69) is 54.6 Å². The first-order chi connectivity index (χ1) is 12.3. The second-order valence-corrected chi connectivity index (χ2v) is 5.78. The Balaban J connectivity index is 2.32. The highest BCUT2D eigenvalue weighted by Crippen LogP contribution is 2.44. The minimum atomic E-state index is -0.705. The van der Waals surface area contributed by atoms with Gasteiger partial charge in [-0.15, -0.1) is 0 Å². The van der Waals surface area contributed by atoms with E-state index in [0.29, 0.717) is 13.2 Å². The van der Waals surface area contributed by atoms with Crippen LogP contribution in [-0.4, -0.2) is 13.2 Å². The summed E-state index contributed by atoms with van der Waals surface area (Å²) in [5.41, 5.74) is 2.50. The molecule has 0 saturated heterocycles. The fourth-order valence-corrected chi connectivity index (χ4v) is 3.32. The highest BCUT2D eigenvalue weighted by Gasteiger charge is 2.39. The zero-order chi connectivity index (χ0) is 17.5. The molecule has 128 valence electrons. The predicted octanol–water partition coefficient (Wildman–Crippen LogP) is 5.41. The van der Waals surface area contributed by atoms with E-state index in [-0.39, 0.29) is 0 Å². The molecule has 0 bridgehead atoms. The summed E-state index contributed by atoms with van der Waals surface area (Å²) in [6.07, 6.45) is 0. The lowest BCUT2D eigenvalue weighted by Gasteiger charge is -2.36.